The molecular weight excluding hydrogens is 226 g/mol. The topological polar surface area (TPSA) is 72.0 Å². The van der Waals surface area contributed by atoms with E-state index in [1.165, 1.54) is 12.8 Å². The number of hydrogen-bond acceptors (Lipinski definition) is 3. The molecule has 3 N–H and O–H groups in total. The van der Waals surface area contributed by atoms with Gasteiger partial charge in [0.2, 0.25) is 5.88 Å². The van der Waals surface area contributed by atoms with E-state index in [0.29, 0.717) is 16.9 Å². The van der Waals surface area contributed by atoms with Gasteiger partial charge in [-0.25, -0.2) is 4.98 Å². The van der Waals surface area contributed by atoms with Crippen molar-refractivity contribution < 1.29 is 4.74 Å². The first-order valence-electron chi connectivity index (χ1n) is 6.43. The van der Waals surface area contributed by atoms with E-state index in [4.69, 9.17) is 15.9 Å². The van der Waals surface area contributed by atoms with Crippen LogP contribution in [0.3, 0.4) is 0 Å². The van der Waals surface area contributed by atoms with E-state index in [2.05, 4.69) is 18.8 Å². The Morgan fingerprint density at radius 2 is 2.06 bits per heavy atom. The monoisotopic (exact) mass is 247 g/mol. The molecule has 1 aromatic rings. The third kappa shape index (κ3) is 3.22. The number of nitrogen functional groups attached to an aromatic ring is 1. The second-order valence-electron chi connectivity index (χ2n) is 5.78. The second kappa shape index (κ2) is 4.96. The molecule has 98 valence electrons. The number of amidine groups is 1. The number of hydrogen-bond donors (Lipinski definition) is 2. The van der Waals surface area contributed by atoms with Crippen molar-refractivity contribution in [2.75, 3.05) is 0 Å². The van der Waals surface area contributed by atoms with Gasteiger partial charge < -0.3 is 10.5 Å². The Bertz CT molecular complexity index is 415. The van der Waals surface area contributed by atoms with Gasteiger partial charge in [0.15, 0.2) is 0 Å². The van der Waals surface area contributed by atoms with Gasteiger partial charge in [-0.2, -0.15) is 0 Å². The van der Waals surface area contributed by atoms with Crippen molar-refractivity contribution in [3.8, 4) is 5.88 Å². The van der Waals surface area contributed by atoms with Gasteiger partial charge in [-0.1, -0.05) is 13.8 Å². The van der Waals surface area contributed by atoms with Gasteiger partial charge in [-0.3, -0.25) is 5.41 Å². The molecule has 0 amide bonds. The molecule has 4 heteroatoms. The smallest absolute Gasteiger partial charge is 0.213 e. The minimum atomic E-state index is 0.0356. The molecule has 18 heavy (non-hydrogen) atoms. The number of ether oxygens (including phenoxy) is 1. The van der Waals surface area contributed by atoms with Crippen LogP contribution in [0.2, 0.25) is 0 Å². The molecule has 0 saturated heterocycles. The first-order chi connectivity index (χ1) is 8.46. The summed E-state index contributed by atoms with van der Waals surface area (Å²) >= 11 is 0. The Kier molecular flexibility index (Phi) is 3.55. The Balaban J connectivity index is 1.92. The zero-order valence-electron chi connectivity index (χ0n) is 11.1. The van der Waals surface area contributed by atoms with Gasteiger partial charge >= 0.3 is 0 Å². The largest absolute Gasteiger partial charge is 0.474 e. The molecule has 1 saturated carbocycles. The SMILES string of the molecule is CC1(C)CCC(Oc2ccc(C(=N)N)cn2)CC1. The lowest BCUT2D eigenvalue weighted by molar-refractivity contribution is 0.0949. The number of nitrogens with two attached hydrogens (primary N) is 1. The maximum absolute atomic E-state index is 7.30. The van der Waals surface area contributed by atoms with E-state index in [0.717, 1.165) is 12.8 Å². The number of nitrogens with zero attached hydrogens (tertiary/aromatic N) is 1. The highest BCUT2D eigenvalue weighted by Gasteiger charge is 2.27. The number of pyridine rings is 1. The summed E-state index contributed by atoms with van der Waals surface area (Å²) in [5.41, 5.74) is 6.46. The molecule has 1 aromatic heterocycles. The maximum atomic E-state index is 7.30. The lowest BCUT2D eigenvalue weighted by Gasteiger charge is -2.34. The summed E-state index contributed by atoms with van der Waals surface area (Å²) in [6.07, 6.45) is 6.43. The Labute approximate surface area is 108 Å². The molecule has 0 radical (unpaired) electrons. The van der Waals surface area contributed by atoms with Gasteiger partial charge in [-0.15, -0.1) is 0 Å². The molecule has 0 atom stereocenters. The van der Waals surface area contributed by atoms with Crippen molar-refractivity contribution in [2.24, 2.45) is 11.1 Å². The van der Waals surface area contributed by atoms with Gasteiger partial charge in [0.05, 0.1) is 0 Å². The van der Waals surface area contributed by atoms with Crippen LogP contribution in [0, 0.1) is 10.8 Å². The third-order valence-electron chi connectivity index (χ3n) is 3.62. The Morgan fingerprint density at radius 1 is 1.39 bits per heavy atom. The summed E-state index contributed by atoms with van der Waals surface area (Å²) in [6.45, 7) is 4.62. The minimum absolute atomic E-state index is 0.0356. The van der Waals surface area contributed by atoms with Crippen LogP contribution in [0.15, 0.2) is 18.3 Å². The molecule has 0 aliphatic heterocycles. The van der Waals surface area contributed by atoms with E-state index in [9.17, 15) is 0 Å². The zero-order valence-corrected chi connectivity index (χ0v) is 11.1. The van der Waals surface area contributed by atoms with E-state index >= 15 is 0 Å². The van der Waals surface area contributed by atoms with Crippen LogP contribution in [0.1, 0.15) is 45.1 Å². The average molecular weight is 247 g/mol. The number of aromatic nitrogens is 1. The summed E-state index contributed by atoms with van der Waals surface area (Å²) in [6, 6.07) is 3.56. The van der Waals surface area contributed by atoms with E-state index < -0.39 is 0 Å². The van der Waals surface area contributed by atoms with Crippen molar-refractivity contribution in [1.29, 1.82) is 5.41 Å². The predicted octanol–water partition coefficient (Wildman–Crippen LogP) is 2.71. The molecule has 1 heterocycles. The van der Waals surface area contributed by atoms with Crippen LogP contribution in [-0.2, 0) is 0 Å². The fourth-order valence-corrected chi connectivity index (χ4v) is 2.27. The molecule has 4 nitrogen and oxygen atoms in total. The fourth-order valence-electron chi connectivity index (χ4n) is 2.27. The van der Waals surface area contributed by atoms with Crippen molar-refractivity contribution in [3.05, 3.63) is 23.9 Å². The highest BCUT2D eigenvalue weighted by molar-refractivity contribution is 5.94. The lowest BCUT2D eigenvalue weighted by Crippen LogP contribution is -2.28. The second-order valence-corrected chi connectivity index (χ2v) is 5.78. The van der Waals surface area contributed by atoms with Gasteiger partial charge in [-0.05, 0) is 37.2 Å². The molecule has 0 aromatic carbocycles. The molecule has 1 aliphatic rings. The number of nitrogens with one attached hydrogen (secondary N) is 1. The molecule has 0 bridgehead atoms. The minimum Gasteiger partial charge on any atom is -0.474 e. The molecule has 2 rings (SSSR count). The van der Waals surface area contributed by atoms with Crippen molar-refractivity contribution >= 4 is 5.84 Å². The van der Waals surface area contributed by atoms with E-state index in [1.54, 1.807) is 18.3 Å². The Hall–Kier alpha value is -1.58. The van der Waals surface area contributed by atoms with Crippen LogP contribution >= 0.6 is 0 Å². The summed E-state index contributed by atoms with van der Waals surface area (Å²) in [5.74, 6) is 0.665. The van der Waals surface area contributed by atoms with Crippen LogP contribution in [0.4, 0.5) is 0 Å². The van der Waals surface area contributed by atoms with E-state index in [-0.39, 0.29) is 11.9 Å². The predicted molar refractivity (Wildman–Crippen MR) is 71.9 cm³/mol. The van der Waals surface area contributed by atoms with Crippen LogP contribution in [0.25, 0.3) is 0 Å². The first-order valence-corrected chi connectivity index (χ1v) is 6.43. The molecular formula is C14H21N3O. The Morgan fingerprint density at radius 3 is 2.56 bits per heavy atom. The van der Waals surface area contributed by atoms with Gasteiger partial charge in [0.25, 0.3) is 0 Å². The summed E-state index contributed by atoms with van der Waals surface area (Å²) in [5, 5.41) is 7.30. The lowest BCUT2D eigenvalue weighted by atomic mass is 9.76. The summed E-state index contributed by atoms with van der Waals surface area (Å²) < 4.78 is 5.86. The molecule has 1 fully saturated rings. The van der Waals surface area contributed by atoms with Crippen LogP contribution < -0.4 is 10.5 Å². The molecule has 0 unspecified atom stereocenters. The molecule has 0 spiro atoms. The fraction of sp³-hybridized carbons (Fsp3) is 0.571. The van der Waals surface area contributed by atoms with Crippen molar-refractivity contribution in [3.63, 3.8) is 0 Å². The highest BCUT2D eigenvalue weighted by Crippen LogP contribution is 2.36. The third-order valence-corrected chi connectivity index (χ3v) is 3.62. The highest BCUT2D eigenvalue weighted by atomic mass is 16.5. The standard InChI is InChI=1S/C14H21N3O/c1-14(2)7-5-11(6-8-14)18-12-4-3-10(9-17-12)13(15)16/h3-4,9,11H,5-8H2,1-2H3,(H3,15,16). The number of rotatable bonds is 3. The quantitative estimate of drug-likeness (QED) is 0.637. The van der Waals surface area contributed by atoms with Crippen LogP contribution in [0.5, 0.6) is 5.88 Å². The first kappa shape index (κ1) is 12.9. The maximum Gasteiger partial charge on any atom is 0.213 e. The van der Waals surface area contributed by atoms with Gasteiger partial charge in [0.1, 0.15) is 11.9 Å². The van der Waals surface area contributed by atoms with Crippen molar-refractivity contribution in [2.45, 2.75) is 45.6 Å². The molecule has 1 aliphatic carbocycles. The summed E-state index contributed by atoms with van der Waals surface area (Å²) in [7, 11) is 0. The van der Waals surface area contributed by atoms with E-state index in [1.807, 2.05) is 0 Å². The average Bonchev–Trinajstić information content (AvgIpc) is 2.33. The van der Waals surface area contributed by atoms with Crippen molar-refractivity contribution in [1.82, 2.24) is 4.98 Å². The normalized spacial score (nSPS) is 19.4. The summed E-state index contributed by atoms with van der Waals surface area (Å²) in [4.78, 5) is 4.19. The van der Waals surface area contributed by atoms with Gasteiger partial charge in [0, 0.05) is 17.8 Å². The van der Waals surface area contributed by atoms with Crippen LogP contribution in [-0.4, -0.2) is 16.9 Å². The zero-order chi connectivity index (χ0) is 13.2.